The van der Waals surface area contributed by atoms with Crippen molar-refractivity contribution >= 4 is 11.8 Å². The van der Waals surface area contributed by atoms with E-state index in [1.165, 1.54) is 22.5 Å². The van der Waals surface area contributed by atoms with Crippen molar-refractivity contribution in [3.63, 3.8) is 0 Å². The lowest BCUT2D eigenvalue weighted by Crippen LogP contribution is -2.04. The third kappa shape index (κ3) is 6.28. The second-order valence-corrected chi connectivity index (χ2v) is 3.24. The van der Waals surface area contributed by atoms with Crippen LogP contribution in [0.3, 0.4) is 0 Å². The van der Waals surface area contributed by atoms with Crippen molar-refractivity contribution in [3.8, 4) is 0 Å². The van der Waals surface area contributed by atoms with Gasteiger partial charge >= 0.3 is 0 Å². The number of hydrogen-bond donors (Lipinski definition) is 1. The molecule has 0 fully saturated rings. The first-order valence-corrected chi connectivity index (χ1v) is 7.52. The van der Waals surface area contributed by atoms with E-state index in [0.717, 1.165) is 0 Å². The van der Waals surface area contributed by atoms with Crippen molar-refractivity contribution in [2.75, 3.05) is 5.32 Å². The Hall–Kier alpha value is -1.50. The summed E-state index contributed by atoms with van der Waals surface area (Å²) in [7, 11) is 0. The maximum Gasteiger partial charge on any atom is 0.0487 e. The van der Waals surface area contributed by atoms with Crippen LogP contribution in [0.2, 0.25) is 0 Å². The van der Waals surface area contributed by atoms with E-state index in [9.17, 15) is 0 Å². The molecule has 108 valence electrons. The number of fused-ring (bicyclic) bond motifs is 1. The van der Waals surface area contributed by atoms with Crippen molar-refractivity contribution in [2.45, 2.75) is 55.4 Å². The summed E-state index contributed by atoms with van der Waals surface area (Å²) in [5.74, 6) is 0. The first-order chi connectivity index (χ1) is 9.31. The number of hydrogen-bond acceptors (Lipinski definition) is 1. The van der Waals surface area contributed by atoms with Crippen LogP contribution in [0, 0.1) is 6.92 Å². The van der Waals surface area contributed by atoms with Crippen LogP contribution >= 0.6 is 0 Å². The summed E-state index contributed by atoms with van der Waals surface area (Å²) < 4.78 is 0. The molecular formula is C18H31N. The Morgan fingerprint density at radius 1 is 0.895 bits per heavy atom. The molecule has 0 unspecified atom stereocenters. The van der Waals surface area contributed by atoms with E-state index in [0.29, 0.717) is 0 Å². The molecule has 0 aromatic heterocycles. The van der Waals surface area contributed by atoms with Gasteiger partial charge < -0.3 is 5.32 Å². The lowest BCUT2D eigenvalue weighted by atomic mass is 10.0. The quantitative estimate of drug-likeness (QED) is 0.568. The highest BCUT2D eigenvalue weighted by atomic mass is 14.9. The highest BCUT2D eigenvalue weighted by Gasteiger charge is 2.07. The van der Waals surface area contributed by atoms with Gasteiger partial charge in [0.25, 0.3) is 0 Å². The van der Waals surface area contributed by atoms with Gasteiger partial charge in [-0.3, -0.25) is 0 Å². The summed E-state index contributed by atoms with van der Waals surface area (Å²) in [6, 6.07) is 6.33. The molecule has 0 bridgehead atoms. The van der Waals surface area contributed by atoms with Crippen LogP contribution in [0.1, 0.15) is 59.6 Å². The Labute approximate surface area is 120 Å². The van der Waals surface area contributed by atoms with Gasteiger partial charge in [0.15, 0.2) is 0 Å². The number of benzene rings is 1. The number of rotatable bonds is 0. The molecule has 0 amide bonds. The summed E-state index contributed by atoms with van der Waals surface area (Å²) in [6.45, 7) is 16.2. The van der Waals surface area contributed by atoms with Crippen molar-refractivity contribution in [2.24, 2.45) is 0 Å². The molecule has 0 atom stereocenters. The minimum absolute atomic E-state index is 1.17. The standard InChI is InChI=1S/C12H13N.3C2H6/c1-3-11-8-7-10-6-4-5-9(2)12(10)13-11;3*1-2/h3-8,13H,1-2H3;3*1-2H3/b11-3-;;;. The van der Waals surface area contributed by atoms with E-state index in [-0.39, 0.29) is 0 Å². The Balaban J connectivity index is 0. The molecule has 1 aromatic rings. The van der Waals surface area contributed by atoms with Gasteiger partial charge in [0.2, 0.25) is 0 Å². The topological polar surface area (TPSA) is 12.0 Å². The van der Waals surface area contributed by atoms with Crippen molar-refractivity contribution in [3.05, 3.63) is 47.2 Å². The minimum atomic E-state index is 1.17. The molecule has 0 saturated carbocycles. The van der Waals surface area contributed by atoms with Gasteiger partial charge in [-0.05, 0) is 31.1 Å². The smallest absolute Gasteiger partial charge is 0.0487 e. The normalized spacial score (nSPS) is 12.5. The molecule has 1 aliphatic heterocycles. The number of anilines is 1. The van der Waals surface area contributed by atoms with Crippen LogP contribution < -0.4 is 5.32 Å². The van der Waals surface area contributed by atoms with E-state index >= 15 is 0 Å². The zero-order valence-corrected chi connectivity index (χ0v) is 14.0. The highest BCUT2D eigenvalue weighted by Crippen LogP contribution is 2.27. The lowest BCUT2D eigenvalue weighted by Gasteiger charge is -2.17. The maximum atomic E-state index is 3.39. The van der Waals surface area contributed by atoms with Crippen molar-refractivity contribution in [1.82, 2.24) is 0 Å². The highest BCUT2D eigenvalue weighted by molar-refractivity contribution is 5.77. The molecule has 1 nitrogen and oxygen atoms in total. The van der Waals surface area contributed by atoms with Crippen LogP contribution in [0.15, 0.2) is 36.0 Å². The first kappa shape index (κ1) is 19.8. The van der Waals surface area contributed by atoms with Gasteiger partial charge in [0, 0.05) is 11.4 Å². The van der Waals surface area contributed by atoms with Crippen LogP contribution in [0.5, 0.6) is 0 Å². The minimum Gasteiger partial charge on any atom is -0.355 e. The third-order valence-electron chi connectivity index (χ3n) is 2.33. The Kier molecular flexibility index (Phi) is 13.5. The molecule has 0 radical (unpaired) electrons. The fourth-order valence-corrected chi connectivity index (χ4v) is 1.53. The summed E-state index contributed by atoms with van der Waals surface area (Å²) in [5, 5.41) is 3.39. The van der Waals surface area contributed by atoms with E-state index in [2.05, 4.69) is 48.7 Å². The van der Waals surface area contributed by atoms with Crippen molar-refractivity contribution in [1.29, 1.82) is 0 Å². The monoisotopic (exact) mass is 261 g/mol. The molecule has 0 aliphatic carbocycles. The van der Waals surface area contributed by atoms with Crippen molar-refractivity contribution < 1.29 is 0 Å². The lowest BCUT2D eigenvalue weighted by molar-refractivity contribution is 1.35. The van der Waals surface area contributed by atoms with Gasteiger partial charge in [0.1, 0.15) is 0 Å². The molecule has 1 aromatic carbocycles. The molecule has 1 heterocycles. The zero-order chi connectivity index (χ0) is 15.3. The fourth-order valence-electron chi connectivity index (χ4n) is 1.53. The molecule has 0 spiro atoms. The summed E-state index contributed by atoms with van der Waals surface area (Å²) in [6.07, 6.45) is 6.32. The number of para-hydroxylation sites is 1. The first-order valence-electron chi connectivity index (χ1n) is 7.52. The number of nitrogens with one attached hydrogen (secondary N) is 1. The summed E-state index contributed by atoms with van der Waals surface area (Å²) in [5.41, 5.74) is 4.96. The molecule has 1 N–H and O–H groups in total. The average Bonchev–Trinajstić information content (AvgIpc) is 2.53. The maximum absolute atomic E-state index is 3.39. The molecule has 1 aliphatic rings. The van der Waals surface area contributed by atoms with Crippen LogP contribution in [0.4, 0.5) is 5.69 Å². The van der Waals surface area contributed by atoms with Gasteiger partial charge in [-0.2, -0.15) is 0 Å². The van der Waals surface area contributed by atoms with Crippen LogP contribution in [-0.4, -0.2) is 0 Å². The van der Waals surface area contributed by atoms with E-state index in [1.807, 2.05) is 48.5 Å². The largest absolute Gasteiger partial charge is 0.355 e. The predicted molar refractivity (Wildman–Crippen MR) is 91.6 cm³/mol. The third-order valence-corrected chi connectivity index (χ3v) is 2.33. The predicted octanol–water partition coefficient (Wildman–Crippen LogP) is 6.42. The number of allylic oxidation sites excluding steroid dienone is 2. The second-order valence-electron chi connectivity index (χ2n) is 3.24. The van der Waals surface area contributed by atoms with Gasteiger partial charge in [0.05, 0.1) is 0 Å². The Morgan fingerprint density at radius 3 is 2.00 bits per heavy atom. The number of aryl methyl sites for hydroxylation is 1. The van der Waals surface area contributed by atoms with Crippen LogP contribution in [-0.2, 0) is 0 Å². The molecule has 2 rings (SSSR count). The van der Waals surface area contributed by atoms with E-state index < -0.39 is 0 Å². The SMILES string of the molecule is C/C=C1/C=Cc2cccc(C)c2N1.CC.CC.CC. The van der Waals surface area contributed by atoms with E-state index in [4.69, 9.17) is 0 Å². The fraction of sp³-hybridized carbons (Fsp3) is 0.444. The zero-order valence-electron chi connectivity index (χ0n) is 14.0. The van der Waals surface area contributed by atoms with Gasteiger partial charge in [-0.1, -0.05) is 71.9 Å². The van der Waals surface area contributed by atoms with Gasteiger partial charge in [-0.15, -0.1) is 0 Å². The molecule has 19 heavy (non-hydrogen) atoms. The molecule has 0 saturated heterocycles. The summed E-state index contributed by atoms with van der Waals surface area (Å²) >= 11 is 0. The molecule has 1 heteroatoms. The Morgan fingerprint density at radius 2 is 1.47 bits per heavy atom. The molecular weight excluding hydrogens is 230 g/mol. The van der Waals surface area contributed by atoms with Gasteiger partial charge in [-0.25, -0.2) is 0 Å². The summed E-state index contributed by atoms with van der Waals surface area (Å²) in [4.78, 5) is 0. The van der Waals surface area contributed by atoms with Crippen LogP contribution in [0.25, 0.3) is 6.08 Å². The Bertz CT molecular complexity index is 387. The van der Waals surface area contributed by atoms with E-state index in [1.54, 1.807) is 0 Å². The average molecular weight is 261 g/mol. The second kappa shape index (κ2) is 12.9.